The zero-order valence-corrected chi connectivity index (χ0v) is 12.7. The van der Waals surface area contributed by atoms with E-state index < -0.39 is 21.6 Å². The maximum Gasteiger partial charge on any atom is 0.335 e. The van der Waals surface area contributed by atoms with Crippen molar-refractivity contribution in [2.75, 3.05) is 13.7 Å². The van der Waals surface area contributed by atoms with Gasteiger partial charge >= 0.3 is 5.97 Å². The molecule has 0 atom stereocenters. The van der Waals surface area contributed by atoms with Crippen LogP contribution in [0.15, 0.2) is 23.1 Å². The predicted molar refractivity (Wildman–Crippen MR) is 74.4 cm³/mol. The molecule has 0 aromatic heterocycles. The summed E-state index contributed by atoms with van der Waals surface area (Å²) < 4.78 is 31.8. The number of aromatic carboxylic acids is 1. The second kappa shape index (κ2) is 5.90. The van der Waals surface area contributed by atoms with Gasteiger partial charge in [-0.25, -0.2) is 17.9 Å². The first-order valence-corrected chi connectivity index (χ1v) is 7.46. The number of sulfonamides is 1. The molecule has 0 spiro atoms. The second-order valence-electron chi connectivity index (χ2n) is 5.07. The summed E-state index contributed by atoms with van der Waals surface area (Å²) in [5, 5.41) is 9.02. The van der Waals surface area contributed by atoms with Gasteiger partial charge in [-0.1, -0.05) is 6.07 Å². The minimum absolute atomic E-state index is 0.0288. The molecule has 0 aliphatic rings. The lowest BCUT2D eigenvalue weighted by Crippen LogP contribution is -2.39. The first-order chi connectivity index (χ1) is 9.09. The van der Waals surface area contributed by atoms with Gasteiger partial charge in [0.05, 0.1) is 16.1 Å². The van der Waals surface area contributed by atoms with E-state index in [0.29, 0.717) is 5.56 Å². The molecule has 0 heterocycles. The van der Waals surface area contributed by atoms with Crippen LogP contribution in [-0.2, 0) is 14.8 Å². The van der Waals surface area contributed by atoms with Crippen LogP contribution in [0.5, 0.6) is 0 Å². The summed E-state index contributed by atoms with van der Waals surface area (Å²) in [6.45, 7) is 5.18. The van der Waals surface area contributed by atoms with E-state index in [4.69, 9.17) is 9.84 Å². The molecule has 1 aromatic carbocycles. The first-order valence-electron chi connectivity index (χ1n) is 5.98. The third-order valence-corrected chi connectivity index (χ3v) is 4.39. The monoisotopic (exact) mass is 301 g/mol. The first kappa shape index (κ1) is 16.6. The molecule has 20 heavy (non-hydrogen) atoms. The van der Waals surface area contributed by atoms with Gasteiger partial charge in [-0.05, 0) is 38.5 Å². The van der Waals surface area contributed by atoms with Crippen molar-refractivity contribution < 1.29 is 23.1 Å². The second-order valence-corrected chi connectivity index (χ2v) is 6.84. The Kier molecular flexibility index (Phi) is 4.90. The molecule has 112 valence electrons. The van der Waals surface area contributed by atoms with E-state index in [2.05, 4.69) is 4.72 Å². The van der Waals surface area contributed by atoms with E-state index in [0.717, 1.165) is 6.07 Å². The normalized spacial score (nSPS) is 12.4. The maximum absolute atomic E-state index is 12.1. The molecule has 0 aliphatic carbocycles. The van der Waals surface area contributed by atoms with Crippen molar-refractivity contribution >= 4 is 16.0 Å². The summed E-state index contributed by atoms with van der Waals surface area (Å²) in [5.74, 6) is -1.16. The van der Waals surface area contributed by atoms with Gasteiger partial charge in [-0.15, -0.1) is 0 Å². The number of benzene rings is 1. The minimum Gasteiger partial charge on any atom is -0.478 e. The molecule has 7 heteroatoms. The number of carbonyl (C=O) groups is 1. The molecule has 2 N–H and O–H groups in total. The van der Waals surface area contributed by atoms with Crippen LogP contribution in [0.4, 0.5) is 0 Å². The van der Waals surface area contributed by atoms with Gasteiger partial charge in [0, 0.05) is 13.7 Å². The highest BCUT2D eigenvalue weighted by atomic mass is 32.2. The van der Waals surface area contributed by atoms with Gasteiger partial charge in [0.15, 0.2) is 0 Å². The van der Waals surface area contributed by atoms with Crippen LogP contribution in [0.2, 0.25) is 0 Å². The number of ether oxygens (including phenoxy) is 1. The number of aryl methyl sites for hydroxylation is 1. The fourth-order valence-electron chi connectivity index (χ4n) is 1.42. The Morgan fingerprint density at radius 3 is 2.50 bits per heavy atom. The Labute approximate surface area is 118 Å². The van der Waals surface area contributed by atoms with Crippen molar-refractivity contribution in [1.29, 1.82) is 0 Å². The van der Waals surface area contributed by atoms with E-state index in [-0.39, 0.29) is 17.0 Å². The molecule has 1 rings (SSSR count). The zero-order chi connectivity index (χ0) is 15.6. The van der Waals surface area contributed by atoms with Gasteiger partial charge in [0.1, 0.15) is 0 Å². The summed E-state index contributed by atoms with van der Waals surface area (Å²) in [6.07, 6.45) is 0. The Morgan fingerprint density at radius 1 is 1.40 bits per heavy atom. The summed E-state index contributed by atoms with van der Waals surface area (Å²) in [7, 11) is -2.28. The molecule has 0 amide bonds. The zero-order valence-electron chi connectivity index (χ0n) is 11.9. The molecule has 0 fully saturated rings. The van der Waals surface area contributed by atoms with Gasteiger partial charge in [-0.2, -0.15) is 0 Å². The summed E-state index contributed by atoms with van der Waals surface area (Å²) >= 11 is 0. The molecular formula is C13H19NO5S. The lowest BCUT2D eigenvalue weighted by molar-refractivity contribution is 0.0276. The van der Waals surface area contributed by atoms with Gasteiger partial charge in [0.2, 0.25) is 10.0 Å². The third-order valence-electron chi connectivity index (χ3n) is 2.99. The SMILES string of the molecule is COC(C)(C)CNS(=O)(=O)c1ccc(C)c(C(=O)O)c1. The molecule has 0 bridgehead atoms. The molecule has 0 aliphatic heterocycles. The number of methoxy groups -OCH3 is 1. The van der Waals surface area contributed by atoms with E-state index in [1.54, 1.807) is 20.8 Å². The van der Waals surface area contributed by atoms with Crippen molar-refractivity contribution in [2.45, 2.75) is 31.3 Å². The molecular weight excluding hydrogens is 282 g/mol. The molecule has 6 nitrogen and oxygen atoms in total. The Bertz CT molecular complexity index is 607. The quantitative estimate of drug-likeness (QED) is 0.828. The lowest BCUT2D eigenvalue weighted by Gasteiger charge is -2.23. The van der Waals surface area contributed by atoms with Crippen LogP contribution in [-0.4, -0.2) is 38.7 Å². The fraction of sp³-hybridized carbons (Fsp3) is 0.462. The highest BCUT2D eigenvalue weighted by molar-refractivity contribution is 7.89. The highest BCUT2D eigenvalue weighted by Gasteiger charge is 2.22. The van der Waals surface area contributed by atoms with Crippen molar-refractivity contribution in [2.24, 2.45) is 0 Å². The minimum atomic E-state index is -3.77. The van der Waals surface area contributed by atoms with Gasteiger partial charge in [0.25, 0.3) is 0 Å². The summed E-state index contributed by atoms with van der Waals surface area (Å²) in [6, 6.07) is 4.00. The summed E-state index contributed by atoms with van der Waals surface area (Å²) in [4.78, 5) is 11.0. The largest absolute Gasteiger partial charge is 0.478 e. The third kappa shape index (κ3) is 4.03. The Morgan fingerprint density at radius 2 is 2.00 bits per heavy atom. The van der Waals surface area contributed by atoms with Crippen LogP contribution in [0.3, 0.4) is 0 Å². The topological polar surface area (TPSA) is 92.7 Å². The maximum atomic E-state index is 12.1. The van der Waals surface area contributed by atoms with E-state index in [1.165, 1.54) is 19.2 Å². The molecule has 0 saturated heterocycles. The predicted octanol–water partition coefficient (Wildman–Crippen LogP) is 1.40. The number of carboxylic acid groups (broad SMARTS) is 1. The van der Waals surface area contributed by atoms with Crippen LogP contribution in [0.1, 0.15) is 29.8 Å². The van der Waals surface area contributed by atoms with Gasteiger partial charge in [-0.3, -0.25) is 0 Å². The lowest BCUT2D eigenvalue weighted by atomic mass is 10.1. The van der Waals surface area contributed by atoms with Crippen molar-refractivity contribution in [1.82, 2.24) is 4.72 Å². The number of hydrogen-bond donors (Lipinski definition) is 2. The van der Waals surface area contributed by atoms with Crippen LogP contribution in [0, 0.1) is 6.92 Å². The van der Waals surface area contributed by atoms with Crippen molar-refractivity contribution in [3.63, 3.8) is 0 Å². The van der Waals surface area contributed by atoms with E-state index in [1.807, 2.05) is 0 Å². The average Bonchev–Trinajstić information content (AvgIpc) is 2.36. The van der Waals surface area contributed by atoms with Crippen molar-refractivity contribution in [3.05, 3.63) is 29.3 Å². The number of carboxylic acids is 1. The molecule has 0 unspecified atom stereocenters. The van der Waals surface area contributed by atoms with Gasteiger partial charge < -0.3 is 9.84 Å². The average molecular weight is 301 g/mol. The van der Waals surface area contributed by atoms with Crippen LogP contribution >= 0.6 is 0 Å². The molecule has 0 saturated carbocycles. The van der Waals surface area contributed by atoms with Crippen LogP contribution < -0.4 is 4.72 Å². The number of nitrogens with one attached hydrogen (secondary N) is 1. The van der Waals surface area contributed by atoms with Crippen molar-refractivity contribution in [3.8, 4) is 0 Å². The number of rotatable bonds is 6. The summed E-state index contributed by atoms with van der Waals surface area (Å²) in [5.41, 5.74) is -0.166. The smallest absolute Gasteiger partial charge is 0.335 e. The molecule has 1 aromatic rings. The van der Waals surface area contributed by atoms with E-state index >= 15 is 0 Å². The van der Waals surface area contributed by atoms with Crippen LogP contribution in [0.25, 0.3) is 0 Å². The molecule has 0 radical (unpaired) electrons. The fourth-order valence-corrected chi connectivity index (χ4v) is 2.65. The standard InChI is InChI=1S/C13H19NO5S/c1-9-5-6-10(7-11(9)12(15)16)20(17,18)14-8-13(2,3)19-4/h5-7,14H,8H2,1-4H3,(H,15,16). The number of hydrogen-bond acceptors (Lipinski definition) is 4. The Balaban J connectivity index is 3.05. The highest BCUT2D eigenvalue weighted by Crippen LogP contribution is 2.16. The van der Waals surface area contributed by atoms with E-state index in [9.17, 15) is 13.2 Å². The Hall–Kier alpha value is -1.44.